The summed E-state index contributed by atoms with van der Waals surface area (Å²) >= 11 is 0. The summed E-state index contributed by atoms with van der Waals surface area (Å²) in [6, 6.07) is 1.68. The molecule has 1 unspecified atom stereocenters. The second kappa shape index (κ2) is 4.48. The van der Waals surface area contributed by atoms with E-state index in [0.29, 0.717) is 0 Å². The summed E-state index contributed by atoms with van der Waals surface area (Å²) in [6.45, 7) is 5.46. The maximum Gasteiger partial charge on any atom is 0.408 e. The molecule has 1 aromatic rings. The van der Waals surface area contributed by atoms with Crippen LogP contribution in [0.4, 0.5) is 4.79 Å². The van der Waals surface area contributed by atoms with Crippen LogP contribution in [0.5, 0.6) is 0 Å². The number of hydrogen-bond acceptors (Lipinski definition) is 3. The highest BCUT2D eigenvalue weighted by Crippen LogP contribution is 2.29. The molecule has 0 bridgehead atoms. The lowest BCUT2D eigenvalue weighted by atomic mass is 10.1. The van der Waals surface area contributed by atoms with Gasteiger partial charge >= 0.3 is 6.09 Å². The fraction of sp³-hybridized carbons (Fsp3) is 0.538. The molecule has 1 aromatic heterocycles. The summed E-state index contributed by atoms with van der Waals surface area (Å²) in [7, 11) is 0. The molecule has 1 heterocycles. The lowest BCUT2D eigenvalue weighted by Gasteiger charge is -2.21. The van der Waals surface area contributed by atoms with E-state index in [9.17, 15) is 10.0 Å². The fourth-order valence-electron chi connectivity index (χ4n) is 2.12. The van der Waals surface area contributed by atoms with Crippen molar-refractivity contribution >= 4 is 6.09 Å². The zero-order valence-corrected chi connectivity index (χ0v) is 10.9. The molecule has 0 saturated carbocycles. The number of aromatic nitrogens is 1. The molecular weight excluding hydrogens is 232 g/mol. The van der Waals surface area contributed by atoms with Crippen LogP contribution in [0.3, 0.4) is 0 Å². The van der Waals surface area contributed by atoms with Gasteiger partial charge in [0, 0.05) is 11.6 Å². The van der Waals surface area contributed by atoms with E-state index in [2.05, 4.69) is 5.32 Å². The minimum Gasteiger partial charge on any atom is -0.619 e. The minimum atomic E-state index is -0.513. The molecule has 0 aliphatic heterocycles. The van der Waals surface area contributed by atoms with Gasteiger partial charge in [0.15, 0.2) is 12.4 Å². The highest BCUT2D eigenvalue weighted by atomic mass is 16.6. The van der Waals surface area contributed by atoms with Crippen molar-refractivity contribution in [3.8, 4) is 0 Å². The molecular formula is C13H18N2O3. The summed E-state index contributed by atoms with van der Waals surface area (Å²) in [5, 5.41) is 14.1. The largest absolute Gasteiger partial charge is 0.619 e. The Kier molecular flexibility index (Phi) is 3.15. The first-order valence-electron chi connectivity index (χ1n) is 6.06. The van der Waals surface area contributed by atoms with Crippen molar-refractivity contribution < 1.29 is 14.3 Å². The van der Waals surface area contributed by atoms with Crippen molar-refractivity contribution in [3.63, 3.8) is 0 Å². The van der Waals surface area contributed by atoms with Crippen molar-refractivity contribution in [3.05, 3.63) is 34.8 Å². The van der Waals surface area contributed by atoms with E-state index in [1.54, 1.807) is 6.07 Å². The number of carbonyl (C=O) groups is 1. The molecule has 1 amide bonds. The van der Waals surface area contributed by atoms with E-state index in [-0.39, 0.29) is 6.04 Å². The summed E-state index contributed by atoms with van der Waals surface area (Å²) in [5.41, 5.74) is 1.49. The predicted octanol–water partition coefficient (Wildman–Crippen LogP) is 1.83. The lowest BCUT2D eigenvalue weighted by Crippen LogP contribution is -2.35. The first kappa shape index (κ1) is 12.7. The van der Waals surface area contributed by atoms with Gasteiger partial charge in [-0.15, -0.1) is 0 Å². The molecule has 1 atom stereocenters. The van der Waals surface area contributed by atoms with Crippen LogP contribution in [-0.2, 0) is 11.2 Å². The van der Waals surface area contributed by atoms with Gasteiger partial charge in [0.2, 0.25) is 0 Å². The molecule has 18 heavy (non-hydrogen) atoms. The average Bonchev–Trinajstić information content (AvgIpc) is 2.58. The lowest BCUT2D eigenvalue weighted by molar-refractivity contribution is -0.606. The third kappa shape index (κ3) is 2.91. The third-order valence-corrected chi connectivity index (χ3v) is 2.83. The minimum absolute atomic E-state index is 0.128. The molecule has 98 valence electrons. The van der Waals surface area contributed by atoms with Crippen LogP contribution in [-0.4, -0.2) is 11.7 Å². The van der Waals surface area contributed by atoms with E-state index in [1.165, 1.54) is 12.4 Å². The van der Waals surface area contributed by atoms with E-state index in [4.69, 9.17) is 4.74 Å². The van der Waals surface area contributed by atoms with Gasteiger partial charge in [0.1, 0.15) is 5.60 Å². The SMILES string of the molecule is CC(C)(C)OC(=O)NC1CCc2cc[n+]([O-])cc21. The Bertz CT molecular complexity index is 466. The van der Waals surface area contributed by atoms with Crippen LogP contribution < -0.4 is 10.0 Å². The summed E-state index contributed by atoms with van der Waals surface area (Å²) in [5.74, 6) is 0. The average molecular weight is 250 g/mol. The molecule has 5 heteroatoms. The second-order valence-electron chi connectivity index (χ2n) is 5.52. The van der Waals surface area contributed by atoms with Gasteiger partial charge < -0.3 is 15.3 Å². The number of nitrogens with zero attached hydrogens (tertiary/aromatic N) is 1. The fourth-order valence-corrected chi connectivity index (χ4v) is 2.12. The topological polar surface area (TPSA) is 65.3 Å². The van der Waals surface area contributed by atoms with Crippen LogP contribution in [0, 0.1) is 5.21 Å². The van der Waals surface area contributed by atoms with E-state index >= 15 is 0 Å². The van der Waals surface area contributed by atoms with Gasteiger partial charge in [0.25, 0.3) is 0 Å². The van der Waals surface area contributed by atoms with Crippen LogP contribution in [0.15, 0.2) is 18.5 Å². The van der Waals surface area contributed by atoms with E-state index in [1.807, 2.05) is 20.8 Å². The standard InChI is InChI=1S/C13H18N2O3/c1-13(2,3)18-12(16)14-11-5-4-9-6-7-15(17)8-10(9)11/h6-8,11H,4-5H2,1-3H3,(H,14,16). The maximum absolute atomic E-state index is 11.7. The van der Waals surface area contributed by atoms with Crippen molar-refractivity contribution in [2.75, 3.05) is 0 Å². The molecule has 0 spiro atoms. The quantitative estimate of drug-likeness (QED) is 0.611. The third-order valence-electron chi connectivity index (χ3n) is 2.83. The normalized spacial score (nSPS) is 18.3. The smallest absolute Gasteiger partial charge is 0.408 e. The number of alkyl carbamates (subject to hydrolysis) is 1. The number of nitrogens with one attached hydrogen (secondary N) is 1. The van der Waals surface area contributed by atoms with Crippen molar-refractivity contribution in [1.29, 1.82) is 0 Å². The molecule has 5 nitrogen and oxygen atoms in total. The first-order chi connectivity index (χ1) is 8.35. The number of amides is 1. The molecule has 1 aliphatic rings. The zero-order valence-electron chi connectivity index (χ0n) is 10.9. The molecule has 0 fully saturated rings. The Morgan fingerprint density at radius 1 is 1.56 bits per heavy atom. The number of aryl methyl sites for hydroxylation is 1. The molecule has 0 saturated heterocycles. The van der Waals surface area contributed by atoms with Gasteiger partial charge in [0.05, 0.1) is 6.04 Å². The number of ether oxygens (including phenoxy) is 1. The van der Waals surface area contributed by atoms with Gasteiger partial charge in [-0.05, 0) is 39.2 Å². The van der Waals surface area contributed by atoms with Gasteiger partial charge in [-0.25, -0.2) is 4.79 Å². The van der Waals surface area contributed by atoms with Crippen LogP contribution >= 0.6 is 0 Å². The van der Waals surface area contributed by atoms with Gasteiger partial charge in [-0.1, -0.05) is 0 Å². The van der Waals surface area contributed by atoms with Gasteiger partial charge in [-0.3, -0.25) is 0 Å². The molecule has 1 N–H and O–H groups in total. The number of fused-ring (bicyclic) bond motifs is 1. The number of pyridine rings is 1. The van der Waals surface area contributed by atoms with Crippen molar-refractivity contribution in [1.82, 2.24) is 5.32 Å². The predicted molar refractivity (Wildman–Crippen MR) is 65.8 cm³/mol. The maximum atomic E-state index is 11.7. The molecule has 1 aliphatic carbocycles. The second-order valence-corrected chi connectivity index (χ2v) is 5.52. The molecule has 0 aromatic carbocycles. The molecule has 0 radical (unpaired) electrons. The summed E-state index contributed by atoms with van der Waals surface area (Å²) in [4.78, 5) is 11.7. The number of hydrogen-bond donors (Lipinski definition) is 1. The van der Waals surface area contributed by atoms with Crippen LogP contribution in [0.1, 0.15) is 44.4 Å². The van der Waals surface area contributed by atoms with Crippen LogP contribution in [0.25, 0.3) is 0 Å². The van der Waals surface area contributed by atoms with Gasteiger partial charge in [-0.2, -0.15) is 4.73 Å². The summed E-state index contributed by atoms with van der Waals surface area (Å²) in [6.07, 6.45) is 4.23. The highest BCUT2D eigenvalue weighted by Gasteiger charge is 2.28. The first-order valence-corrected chi connectivity index (χ1v) is 6.06. The monoisotopic (exact) mass is 250 g/mol. The van der Waals surface area contributed by atoms with Crippen molar-refractivity contribution in [2.24, 2.45) is 0 Å². The Hall–Kier alpha value is -1.78. The Balaban J connectivity index is 2.06. The zero-order chi connectivity index (χ0) is 13.3. The Morgan fingerprint density at radius 2 is 2.28 bits per heavy atom. The highest BCUT2D eigenvalue weighted by molar-refractivity contribution is 5.68. The molecule has 2 rings (SSSR count). The van der Waals surface area contributed by atoms with E-state index < -0.39 is 11.7 Å². The van der Waals surface area contributed by atoms with Crippen molar-refractivity contribution in [2.45, 2.75) is 45.3 Å². The van der Waals surface area contributed by atoms with Crippen LogP contribution in [0.2, 0.25) is 0 Å². The van der Waals surface area contributed by atoms with E-state index in [0.717, 1.165) is 28.7 Å². The Labute approximate surface area is 106 Å². The number of rotatable bonds is 1. The summed E-state index contributed by atoms with van der Waals surface area (Å²) < 4.78 is 5.97. The Morgan fingerprint density at radius 3 is 2.94 bits per heavy atom. The number of carbonyl (C=O) groups excluding carboxylic acids is 1.